The van der Waals surface area contributed by atoms with Crippen LogP contribution in [0.5, 0.6) is 0 Å². The molecule has 1 aromatic rings. The second kappa shape index (κ2) is 7.79. The molecular formula is C11H14Br2N2O. The van der Waals surface area contributed by atoms with Gasteiger partial charge in [-0.1, -0.05) is 22.4 Å². The summed E-state index contributed by atoms with van der Waals surface area (Å²) in [4.78, 5) is 15.6. The number of unbranched alkanes of at least 4 members (excludes halogenated alkanes) is 2. The van der Waals surface area contributed by atoms with Gasteiger partial charge in [0.05, 0.1) is 5.56 Å². The van der Waals surface area contributed by atoms with E-state index >= 15 is 0 Å². The first kappa shape index (κ1) is 13.6. The number of rotatable bonds is 6. The van der Waals surface area contributed by atoms with Crippen molar-refractivity contribution in [1.82, 2.24) is 10.3 Å². The lowest BCUT2D eigenvalue weighted by Gasteiger charge is -2.04. The van der Waals surface area contributed by atoms with Gasteiger partial charge in [0.25, 0.3) is 5.91 Å². The molecule has 1 amide bonds. The number of halogens is 2. The van der Waals surface area contributed by atoms with E-state index in [1.54, 1.807) is 18.5 Å². The van der Waals surface area contributed by atoms with Gasteiger partial charge in [0.1, 0.15) is 0 Å². The van der Waals surface area contributed by atoms with Gasteiger partial charge >= 0.3 is 0 Å². The molecule has 0 fully saturated rings. The van der Waals surface area contributed by atoms with E-state index in [2.05, 4.69) is 42.2 Å². The Balaban J connectivity index is 2.30. The van der Waals surface area contributed by atoms with Gasteiger partial charge < -0.3 is 5.32 Å². The second-order valence-electron chi connectivity index (χ2n) is 3.40. The minimum absolute atomic E-state index is 0.0624. The van der Waals surface area contributed by atoms with Crippen LogP contribution in [-0.4, -0.2) is 22.8 Å². The Hall–Kier alpha value is -0.420. The van der Waals surface area contributed by atoms with Crippen LogP contribution in [0, 0.1) is 0 Å². The maximum atomic E-state index is 11.6. The zero-order valence-corrected chi connectivity index (χ0v) is 12.1. The molecule has 0 radical (unpaired) electrons. The lowest BCUT2D eigenvalue weighted by molar-refractivity contribution is 0.0952. The van der Waals surface area contributed by atoms with Crippen LogP contribution in [0.3, 0.4) is 0 Å². The van der Waals surface area contributed by atoms with E-state index in [0.29, 0.717) is 5.56 Å². The van der Waals surface area contributed by atoms with Crippen molar-refractivity contribution in [2.75, 3.05) is 11.9 Å². The largest absolute Gasteiger partial charge is 0.352 e. The van der Waals surface area contributed by atoms with Crippen molar-refractivity contribution in [2.24, 2.45) is 0 Å². The minimum atomic E-state index is -0.0624. The summed E-state index contributed by atoms with van der Waals surface area (Å²) < 4.78 is 0.819. The SMILES string of the molecule is O=C(NCCCCCBr)c1cncc(Br)c1. The summed E-state index contributed by atoms with van der Waals surface area (Å²) in [6.45, 7) is 0.721. The number of pyridine rings is 1. The molecule has 88 valence electrons. The average Bonchev–Trinajstić information content (AvgIpc) is 2.28. The molecule has 5 heteroatoms. The molecule has 0 bridgehead atoms. The van der Waals surface area contributed by atoms with Crippen molar-refractivity contribution in [3.8, 4) is 0 Å². The second-order valence-corrected chi connectivity index (χ2v) is 5.11. The number of carbonyl (C=O) groups is 1. The third-order valence-electron chi connectivity index (χ3n) is 2.06. The number of nitrogens with zero attached hydrogens (tertiary/aromatic N) is 1. The van der Waals surface area contributed by atoms with E-state index in [1.165, 1.54) is 0 Å². The molecule has 1 rings (SSSR count). The molecule has 0 spiro atoms. The Kier molecular flexibility index (Phi) is 6.64. The van der Waals surface area contributed by atoms with Crippen molar-refractivity contribution in [1.29, 1.82) is 0 Å². The third-order valence-corrected chi connectivity index (χ3v) is 3.06. The van der Waals surface area contributed by atoms with Crippen LogP contribution >= 0.6 is 31.9 Å². The zero-order chi connectivity index (χ0) is 11.8. The average molecular weight is 350 g/mol. The summed E-state index contributed by atoms with van der Waals surface area (Å²) in [5, 5.41) is 3.89. The molecule has 1 N–H and O–H groups in total. The molecule has 16 heavy (non-hydrogen) atoms. The van der Waals surface area contributed by atoms with Crippen molar-refractivity contribution in [2.45, 2.75) is 19.3 Å². The molecule has 0 aliphatic rings. The van der Waals surface area contributed by atoms with Gasteiger partial charge in [-0.2, -0.15) is 0 Å². The highest BCUT2D eigenvalue weighted by Crippen LogP contribution is 2.09. The van der Waals surface area contributed by atoms with E-state index in [1.807, 2.05) is 0 Å². The highest BCUT2D eigenvalue weighted by molar-refractivity contribution is 9.10. The fraction of sp³-hybridized carbons (Fsp3) is 0.455. The van der Waals surface area contributed by atoms with Crippen LogP contribution in [-0.2, 0) is 0 Å². The maximum Gasteiger partial charge on any atom is 0.252 e. The van der Waals surface area contributed by atoms with Gasteiger partial charge in [-0.15, -0.1) is 0 Å². The summed E-state index contributed by atoms with van der Waals surface area (Å²) in [5.74, 6) is -0.0624. The fourth-order valence-electron chi connectivity index (χ4n) is 1.24. The number of hydrogen-bond donors (Lipinski definition) is 1. The van der Waals surface area contributed by atoms with E-state index in [4.69, 9.17) is 0 Å². The smallest absolute Gasteiger partial charge is 0.252 e. The number of carbonyl (C=O) groups excluding carboxylic acids is 1. The summed E-state index contributed by atoms with van der Waals surface area (Å²) in [5.41, 5.74) is 0.592. The first-order chi connectivity index (χ1) is 7.74. The summed E-state index contributed by atoms with van der Waals surface area (Å²) >= 11 is 6.66. The van der Waals surface area contributed by atoms with Gasteiger partial charge in [-0.05, 0) is 34.8 Å². The molecule has 0 aliphatic carbocycles. The highest BCUT2D eigenvalue weighted by atomic mass is 79.9. The van der Waals surface area contributed by atoms with Crippen LogP contribution in [0.25, 0.3) is 0 Å². The highest BCUT2D eigenvalue weighted by Gasteiger charge is 2.04. The normalized spacial score (nSPS) is 10.1. The predicted molar refractivity (Wildman–Crippen MR) is 71.9 cm³/mol. The van der Waals surface area contributed by atoms with Gasteiger partial charge in [0, 0.05) is 28.7 Å². The van der Waals surface area contributed by atoms with Crippen LogP contribution < -0.4 is 5.32 Å². The maximum absolute atomic E-state index is 11.6. The predicted octanol–water partition coefficient (Wildman–Crippen LogP) is 3.14. The van der Waals surface area contributed by atoms with Gasteiger partial charge in [-0.25, -0.2) is 0 Å². The van der Waals surface area contributed by atoms with Crippen LogP contribution in [0.2, 0.25) is 0 Å². The molecule has 0 unspecified atom stereocenters. The van der Waals surface area contributed by atoms with Crippen LogP contribution in [0.1, 0.15) is 29.6 Å². The molecule has 1 aromatic heterocycles. The number of hydrogen-bond acceptors (Lipinski definition) is 2. The Labute approximate surface area is 112 Å². The standard InChI is InChI=1S/C11H14Br2N2O/c12-4-2-1-3-5-15-11(16)9-6-10(13)8-14-7-9/h6-8H,1-5H2,(H,15,16). The summed E-state index contributed by atoms with van der Waals surface area (Å²) in [7, 11) is 0. The summed E-state index contributed by atoms with van der Waals surface area (Å²) in [6.07, 6.45) is 6.51. The van der Waals surface area contributed by atoms with E-state index < -0.39 is 0 Å². The lowest BCUT2D eigenvalue weighted by atomic mass is 10.2. The topological polar surface area (TPSA) is 42.0 Å². The van der Waals surface area contributed by atoms with E-state index in [9.17, 15) is 4.79 Å². The van der Waals surface area contributed by atoms with Gasteiger partial charge in [-0.3, -0.25) is 9.78 Å². The monoisotopic (exact) mass is 348 g/mol. The van der Waals surface area contributed by atoms with Gasteiger partial charge in [0.2, 0.25) is 0 Å². The Morgan fingerprint density at radius 3 is 2.81 bits per heavy atom. The molecule has 0 saturated heterocycles. The van der Waals surface area contributed by atoms with E-state index in [0.717, 1.165) is 35.6 Å². The Bertz CT molecular complexity index is 345. The summed E-state index contributed by atoms with van der Waals surface area (Å²) in [6, 6.07) is 1.76. The molecule has 1 heterocycles. The Morgan fingerprint density at radius 1 is 1.31 bits per heavy atom. The molecule has 0 atom stereocenters. The van der Waals surface area contributed by atoms with Crippen molar-refractivity contribution >= 4 is 37.8 Å². The van der Waals surface area contributed by atoms with Gasteiger partial charge in [0.15, 0.2) is 0 Å². The van der Waals surface area contributed by atoms with Crippen molar-refractivity contribution in [3.63, 3.8) is 0 Å². The third kappa shape index (κ3) is 5.07. The first-order valence-corrected chi connectivity index (χ1v) is 7.10. The molecular weight excluding hydrogens is 336 g/mol. The van der Waals surface area contributed by atoms with Crippen molar-refractivity contribution < 1.29 is 4.79 Å². The van der Waals surface area contributed by atoms with Crippen LogP contribution in [0.15, 0.2) is 22.9 Å². The minimum Gasteiger partial charge on any atom is -0.352 e. The lowest BCUT2D eigenvalue weighted by Crippen LogP contribution is -2.24. The molecule has 0 aliphatic heterocycles. The number of alkyl halides is 1. The van der Waals surface area contributed by atoms with Crippen molar-refractivity contribution in [3.05, 3.63) is 28.5 Å². The van der Waals surface area contributed by atoms with Crippen LogP contribution in [0.4, 0.5) is 0 Å². The zero-order valence-electron chi connectivity index (χ0n) is 8.88. The fourth-order valence-corrected chi connectivity index (χ4v) is 2.00. The first-order valence-electron chi connectivity index (χ1n) is 5.19. The molecule has 0 saturated carbocycles. The van der Waals surface area contributed by atoms with E-state index in [-0.39, 0.29) is 5.91 Å². The number of aromatic nitrogens is 1. The molecule has 0 aromatic carbocycles. The molecule has 3 nitrogen and oxygen atoms in total. The Morgan fingerprint density at radius 2 is 2.12 bits per heavy atom. The quantitative estimate of drug-likeness (QED) is 0.633. The number of nitrogens with one attached hydrogen (secondary N) is 1. The number of amides is 1.